The minimum absolute atomic E-state index is 0.258. The van der Waals surface area contributed by atoms with Gasteiger partial charge in [0, 0.05) is 18.5 Å². The molecular weight excluding hydrogens is 262 g/mol. The van der Waals surface area contributed by atoms with Crippen molar-refractivity contribution < 1.29 is 4.74 Å². The highest BCUT2D eigenvalue weighted by molar-refractivity contribution is 5.40. The third-order valence-electron chi connectivity index (χ3n) is 3.15. The number of hydrogen-bond donors (Lipinski definition) is 1. The molecule has 0 radical (unpaired) electrons. The molecule has 0 aliphatic heterocycles. The number of aromatic nitrogens is 2. The summed E-state index contributed by atoms with van der Waals surface area (Å²) in [5.41, 5.74) is 1.29. The maximum atomic E-state index is 5.86. The van der Waals surface area contributed by atoms with E-state index in [1.807, 2.05) is 25.1 Å². The molecule has 1 N–H and O–H groups in total. The molecule has 0 aliphatic carbocycles. The molecule has 2 rings (SSSR count). The van der Waals surface area contributed by atoms with Crippen LogP contribution < -0.4 is 10.1 Å². The Morgan fingerprint density at radius 2 is 1.81 bits per heavy atom. The summed E-state index contributed by atoms with van der Waals surface area (Å²) in [6.07, 6.45) is 1.02. The molecule has 0 fully saturated rings. The average molecular weight is 285 g/mol. The summed E-state index contributed by atoms with van der Waals surface area (Å²) >= 11 is 0. The van der Waals surface area contributed by atoms with E-state index >= 15 is 0 Å². The molecule has 1 aromatic heterocycles. The Morgan fingerprint density at radius 3 is 2.38 bits per heavy atom. The van der Waals surface area contributed by atoms with Gasteiger partial charge in [-0.25, -0.2) is 4.98 Å². The van der Waals surface area contributed by atoms with Crippen molar-refractivity contribution in [3.8, 4) is 11.6 Å². The number of benzene rings is 1. The van der Waals surface area contributed by atoms with Gasteiger partial charge in [0.1, 0.15) is 17.4 Å². The van der Waals surface area contributed by atoms with E-state index in [1.54, 1.807) is 0 Å². The molecule has 112 valence electrons. The summed E-state index contributed by atoms with van der Waals surface area (Å²) in [6.45, 7) is 9.15. The van der Waals surface area contributed by atoms with Crippen molar-refractivity contribution >= 4 is 5.82 Å². The fourth-order valence-corrected chi connectivity index (χ4v) is 1.94. The molecule has 0 unspecified atom stereocenters. The smallest absolute Gasteiger partial charge is 0.224 e. The van der Waals surface area contributed by atoms with Crippen LogP contribution in [0.2, 0.25) is 0 Å². The minimum atomic E-state index is 0.258. The van der Waals surface area contributed by atoms with Crippen LogP contribution in [0.4, 0.5) is 5.82 Å². The van der Waals surface area contributed by atoms with Gasteiger partial charge in [-0.15, -0.1) is 0 Å². The van der Waals surface area contributed by atoms with E-state index in [2.05, 4.69) is 48.2 Å². The molecule has 21 heavy (non-hydrogen) atoms. The standard InChI is InChI=1S/C17H23N3O/c1-5-13-7-9-14(10-8-13)21-16-11-15(18-6-2)19-17(20-16)12(3)4/h7-12H,5-6H2,1-4H3,(H,18,19,20). The van der Waals surface area contributed by atoms with Gasteiger partial charge in [0.2, 0.25) is 5.88 Å². The highest BCUT2D eigenvalue weighted by atomic mass is 16.5. The Labute approximate surface area is 126 Å². The lowest BCUT2D eigenvalue weighted by Gasteiger charge is -2.11. The molecule has 0 bridgehead atoms. The molecule has 0 atom stereocenters. The fraction of sp³-hybridized carbons (Fsp3) is 0.412. The van der Waals surface area contributed by atoms with Crippen molar-refractivity contribution in [2.45, 2.75) is 40.0 Å². The first-order valence-corrected chi connectivity index (χ1v) is 7.52. The van der Waals surface area contributed by atoms with Gasteiger partial charge in [-0.1, -0.05) is 32.9 Å². The zero-order valence-corrected chi connectivity index (χ0v) is 13.2. The van der Waals surface area contributed by atoms with Gasteiger partial charge in [-0.2, -0.15) is 4.98 Å². The van der Waals surface area contributed by atoms with Crippen molar-refractivity contribution in [2.24, 2.45) is 0 Å². The molecule has 2 aromatic rings. The summed E-state index contributed by atoms with van der Waals surface area (Å²) < 4.78 is 5.86. The molecule has 1 heterocycles. The van der Waals surface area contributed by atoms with Crippen LogP contribution in [-0.4, -0.2) is 16.5 Å². The van der Waals surface area contributed by atoms with Gasteiger partial charge in [0.25, 0.3) is 0 Å². The molecular formula is C17H23N3O. The number of rotatable bonds is 6. The average Bonchev–Trinajstić information content (AvgIpc) is 2.48. The zero-order chi connectivity index (χ0) is 15.2. The number of anilines is 1. The first kappa shape index (κ1) is 15.3. The van der Waals surface area contributed by atoms with Gasteiger partial charge in [0.05, 0.1) is 0 Å². The summed E-state index contributed by atoms with van der Waals surface area (Å²) in [4.78, 5) is 8.97. The second kappa shape index (κ2) is 7.07. The van der Waals surface area contributed by atoms with Gasteiger partial charge in [-0.05, 0) is 31.0 Å². The topological polar surface area (TPSA) is 47.0 Å². The van der Waals surface area contributed by atoms with Gasteiger partial charge in [-0.3, -0.25) is 0 Å². The van der Waals surface area contributed by atoms with E-state index in [-0.39, 0.29) is 5.92 Å². The van der Waals surface area contributed by atoms with Gasteiger partial charge < -0.3 is 10.1 Å². The lowest BCUT2D eigenvalue weighted by Crippen LogP contribution is -2.05. The summed E-state index contributed by atoms with van der Waals surface area (Å²) in [5.74, 6) is 3.22. The molecule has 0 spiro atoms. The van der Waals surface area contributed by atoms with E-state index in [0.717, 1.165) is 30.4 Å². The number of aryl methyl sites for hydroxylation is 1. The number of nitrogens with zero attached hydrogens (tertiary/aromatic N) is 2. The normalized spacial score (nSPS) is 10.7. The summed E-state index contributed by atoms with van der Waals surface area (Å²) in [6, 6.07) is 9.94. The molecule has 0 saturated carbocycles. The zero-order valence-electron chi connectivity index (χ0n) is 13.2. The number of ether oxygens (including phenoxy) is 1. The number of hydrogen-bond acceptors (Lipinski definition) is 4. The van der Waals surface area contributed by atoms with E-state index in [1.165, 1.54) is 5.56 Å². The predicted octanol–water partition coefficient (Wildman–Crippen LogP) is 4.39. The van der Waals surface area contributed by atoms with E-state index < -0.39 is 0 Å². The van der Waals surface area contributed by atoms with Crippen LogP contribution >= 0.6 is 0 Å². The van der Waals surface area contributed by atoms with Crippen LogP contribution in [0.25, 0.3) is 0 Å². The Morgan fingerprint density at radius 1 is 1.10 bits per heavy atom. The largest absolute Gasteiger partial charge is 0.439 e. The summed E-state index contributed by atoms with van der Waals surface area (Å²) in [5, 5.41) is 3.22. The highest BCUT2D eigenvalue weighted by Gasteiger charge is 2.09. The maximum absolute atomic E-state index is 5.86. The van der Waals surface area contributed by atoms with E-state index in [4.69, 9.17) is 4.74 Å². The Kier molecular flexibility index (Phi) is 5.14. The first-order chi connectivity index (χ1) is 10.1. The molecule has 0 saturated heterocycles. The lowest BCUT2D eigenvalue weighted by molar-refractivity contribution is 0.457. The van der Waals surface area contributed by atoms with Crippen molar-refractivity contribution in [2.75, 3.05) is 11.9 Å². The van der Waals surface area contributed by atoms with Crippen LogP contribution in [-0.2, 0) is 6.42 Å². The van der Waals surface area contributed by atoms with E-state index in [0.29, 0.717) is 5.88 Å². The lowest BCUT2D eigenvalue weighted by atomic mass is 10.2. The molecule has 1 aromatic carbocycles. The quantitative estimate of drug-likeness (QED) is 0.855. The van der Waals surface area contributed by atoms with Crippen LogP contribution in [0.15, 0.2) is 30.3 Å². The monoisotopic (exact) mass is 285 g/mol. The van der Waals surface area contributed by atoms with Crippen molar-refractivity contribution in [3.63, 3.8) is 0 Å². The van der Waals surface area contributed by atoms with Gasteiger partial charge in [0.15, 0.2) is 0 Å². The Bertz CT molecular complexity index is 579. The maximum Gasteiger partial charge on any atom is 0.224 e. The predicted molar refractivity (Wildman–Crippen MR) is 86.2 cm³/mol. The second-order valence-corrected chi connectivity index (χ2v) is 5.23. The van der Waals surface area contributed by atoms with Crippen LogP contribution in [0.1, 0.15) is 45.0 Å². The van der Waals surface area contributed by atoms with Crippen LogP contribution in [0.5, 0.6) is 11.6 Å². The van der Waals surface area contributed by atoms with E-state index in [9.17, 15) is 0 Å². The molecule has 0 aliphatic rings. The van der Waals surface area contributed by atoms with Crippen LogP contribution in [0, 0.1) is 0 Å². The second-order valence-electron chi connectivity index (χ2n) is 5.23. The third-order valence-corrected chi connectivity index (χ3v) is 3.15. The highest BCUT2D eigenvalue weighted by Crippen LogP contribution is 2.24. The fourth-order valence-electron chi connectivity index (χ4n) is 1.94. The van der Waals surface area contributed by atoms with Crippen LogP contribution in [0.3, 0.4) is 0 Å². The van der Waals surface area contributed by atoms with Crippen molar-refractivity contribution in [1.29, 1.82) is 0 Å². The Balaban J connectivity index is 2.24. The van der Waals surface area contributed by atoms with Crippen molar-refractivity contribution in [1.82, 2.24) is 9.97 Å². The molecule has 0 amide bonds. The Hall–Kier alpha value is -2.10. The SMILES string of the molecule is CCNc1cc(Oc2ccc(CC)cc2)nc(C(C)C)n1. The van der Waals surface area contributed by atoms with Gasteiger partial charge >= 0.3 is 0 Å². The third kappa shape index (κ3) is 4.18. The molecule has 4 heteroatoms. The number of nitrogens with one attached hydrogen (secondary N) is 1. The molecule has 4 nitrogen and oxygen atoms in total. The summed E-state index contributed by atoms with van der Waals surface area (Å²) in [7, 11) is 0. The minimum Gasteiger partial charge on any atom is -0.439 e. The van der Waals surface area contributed by atoms with Crippen molar-refractivity contribution in [3.05, 3.63) is 41.7 Å². The first-order valence-electron chi connectivity index (χ1n) is 7.52.